The molecule has 0 spiro atoms. The van der Waals surface area contributed by atoms with Crippen LogP contribution >= 0.6 is 0 Å². The van der Waals surface area contributed by atoms with E-state index in [1.165, 1.54) is 4.90 Å². The highest BCUT2D eigenvalue weighted by molar-refractivity contribution is 5.89. The molecule has 0 radical (unpaired) electrons. The fraction of sp³-hybridized carbons (Fsp3) is 0.292. The molecule has 0 aliphatic carbocycles. The number of urea groups is 1. The van der Waals surface area contributed by atoms with Crippen molar-refractivity contribution in [2.75, 3.05) is 26.0 Å². The molecule has 1 heterocycles. The summed E-state index contributed by atoms with van der Waals surface area (Å²) in [6.07, 6.45) is 0. The second-order valence-electron chi connectivity index (χ2n) is 7.82. The van der Waals surface area contributed by atoms with Gasteiger partial charge in [0.25, 0.3) is 5.91 Å². The summed E-state index contributed by atoms with van der Waals surface area (Å²) < 4.78 is 7.46. The number of nitrogens with one attached hydrogen (secondary N) is 2. The number of carbonyl (C=O) groups is 2. The van der Waals surface area contributed by atoms with Gasteiger partial charge in [0.15, 0.2) is 6.61 Å². The first-order valence-electron chi connectivity index (χ1n) is 10.4. The molecule has 0 bridgehead atoms. The van der Waals surface area contributed by atoms with Crippen molar-refractivity contribution in [3.8, 4) is 5.75 Å². The Balaban J connectivity index is 1.52. The number of carbonyl (C=O) groups excluding carboxylic acids is 2. The average Bonchev–Trinajstić information content (AvgIpc) is 3.07. The van der Waals surface area contributed by atoms with E-state index >= 15 is 0 Å². The number of hydrogen-bond donors (Lipinski definition) is 2. The quantitative estimate of drug-likeness (QED) is 0.568. The van der Waals surface area contributed by atoms with Crippen LogP contribution in [0, 0.1) is 13.8 Å². The largest absolute Gasteiger partial charge is 0.484 e. The van der Waals surface area contributed by atoms with Crippen molar-refractivity contribution in [1.29, 1.82) is 0 Å². The summed E-state index contributed by atoms with van der Waals surface area (Å²) in [6, 6.07) is 16.7. The molecule has 0 aliphatic rings. The molecule has 3 aromatic rings. The standard InChI is InChI=1S/C24H29N5O3/c1-17-11-18(2)29(27-17)15-20-8-5-9-21(12-20)26-24(31)25-14-19-7-6-10-22(13-19)32-16-23(30)28(3)4/h5-13H,14-16H2,1-4H3,(H2,25,26,31). The molecule has 0 unspecified atom stereocenters. The Morgan fingerprint density at radius 2 is 1.78 bits per heavy atom. The molecule has 0 aliphatic heterocycles. The number of hydrogen-bond acceptors (Lipinski definition) is 4. The topological polar surface area (TPSA) is 88.5 Å². The van der Waals surface area contributed by atoms with Gasteiger partial charge in [0.05, 0.1) is 12.2 Å². The number of amides is 3. The van der Waals surface area contributed by atoms with Crippen LogP contribution in [0.3, 0.4) is 0 Å². The summed E-state index contributed by atoms with van der Waals surface area (Å²) >= 11 is 0. The zero-order valence-corrected chi connectivity index (χ0v) is 18.9. The second-order valence-corrected chi connectivity index (χ2v) is 7.82. The molecule has 2 N–H and O–H groups in total. The average molecular weight is 436 g/mol. The summed E-state index contributed by atoms with van der Waals surface area (Å²) in [5.41, 5.74) is 4.70. The van der Waals surface area contributed by atoms with Gasteiger partial charge in [-0.05, 0) is 55.3 Å². The van der Waals surface area contributed by atoms with Crippen LogP contribution in [0.25, 0.3) is 0 Å². The van der Waals surface area contributed by atoms with Crippen LogP contribution in [0.5, 0.6) is 5.75 Å². The third-order valence-corrected chi connectivity index (χ3v) is 4.83. The number of anilines is 1. The van der Waals surface area contributed by atoms with Gasteiger partial charge in [-0.15, -0.1) is 0 Å². The van der Waals surface area contributed by atoms with Gasteiger partial charge in [0, 0.05) is 32.0 Å². The maximum absolute atomic E-state index is 12.4. The molecule has 3 amide bonds. The lowest BCUT2D eigenvalue weighted by Gasteiger charge is -2.12. The normalized spacial score (nSPS) is 10.5. The van der Waals surface area contributed by atoms with E-state index in [9.17, 15) is 9.59 Å². The van der Waals surface area contributed by atoms with Gasteiger partial charge in [0.1, 0.15) is 5.75 Å². The number of ether oxygens (including phenoxy) is 1. The minimum absolute atomic E-state index is 0.0294. The fourth-order valence-corrected chi connectivity index (χ4v) is 3.13. The Kier molecular flexibility index (Phi) is 7.49. The molecule has 0 atom stereocenters. The maximum Gasteiger partial charge on any atom is 0.319 e. The number of rotatable bonds is 8. The van der Waals surface area contributed by atoms with Crippen LogP contribution in [0.2, 0.25) is 0 Å². The smallest absolute Gasteiger partial charge is 0.319 e. The van der Waals surface area contributed by atoms with Crippen molar-refractivity contribution in [3.63, 3.8) is 0 Å². The van der Waals surface area contributed by atoms with Crippen molar-refractivity contribution < 1.29 is 14.3 Å². The van der Waals surface area contributed by atoms with E-state index in [0.29, 0.717) is 24.5 Å². The lowest BCUT2D eigenvalue weighted by atomic mass is 10.2. The number of likely N-dealkylation sites (N-methyl/N-ethyl adjacent to an activating group) is 1. The number of aryl methyl sites for hydroxylation is 2. The number of aromatic nitrogens is 2. The molecule has 168 valence electrons. The summed E-state index contributed by atoms with van der Waals surface area (Å²) in [5.74, 6) is 0.463. The van der Waals surface area contributed by atoms with Gasteiger partial charge >= 0.3 is 6.03 Å². The van der Waals surface area contributed by atoms with Gasteiger partial charge in [0.2, 0.25) is 0 Å². The molecule has 0 saturated heterocycles. The van der Waals surface area contributed by atoms with Crippen molar-refractivity contribution >= 4 is 17.6 Å². The molecule has 0 saturated carbocycles. The SMILES string of the molecule is Cc1cc(C)n(Cc2cccc(NC(=O)NCc3cccc(OCC(=O)N(C)C)c3)c2)n1. The molecule has 8 heteroatoms. The van der Waals surface area contributed by atoms with E-state index < -0.39 is 0 Å². The molecule has 1 aromatic heterocycles. The number of benzene rings is 2. The summed E-state index contributed by atoms with van der Waals surface area (Å²) in [5, 5.41) is 10.2. The Labute approximate surface area is 188 Å². The Hall–Kier alpha value is -3.81. The zero-order valence-electron chi connectivity index (χ0n) is 18.9. The van der Waals surface area contributed by atoms with Crippen molar-refractivity contribution in [3.05, 3.63) is 77.1 Å². The molecule has 0 fully saturated rings. The molecular formula is C24H29N5O3. The zero-order chi connectivity index (χ0) is 23.1. The minimum atomic E-state index is -0.303. The van der Waals surface area contributed by atoms with Crippen molar-refractivity contribution in [2.45, 2.75) is 26.9 Å². The minimum Gasteiger partial charge on any atom is -0.484 e. The predicted molar refractivity (Wildman–Crippen MR) is 124 cm³/mol. The van der Waals surface area contributed by atoms with Gasteiger partial charge in [-0.1, -0.05) is 24.3 Å². The van der Waals surface area contributed by atoms with Gasteiger partial charge in [-0.25, -0.2) is 4.79 Å². The van der Waals surface area contributed by atoms with Gasteiger partial charge in [-0.3, -0.25) is 9.48 Å². The molecule has 8 nitrogen and oxygen atoms in total. The first-order chi connectivity index (χ1) is 15.3. The first kappa shape index (κ1) is 22.9. The highest BCUT2D eigenvalue weighted by Gasteiger charge is 2.07. The Morgan fingerprint density at radius 3 is 2.50 bits per heavy atom. The molecule has 2 aromatic carbocycles. The third kappa shape index (κ3) is 6.60. The van der Waals surface area contributed by atoms with E-state index in [2.05, 4.69) is 15.7 Å². The van der Waals surface area contributed by atoms with Crippen LogP contribution in [0.4, 0.5) is 10.5 Å². The second kappa shape index (κ2) is 10.5. The van der Waals surface area contributed by atoms with E-state index in [1.54, 1.807) is 26.2 Å². The van der Waals surface area contributed by atoms with Crippen LogP contribution < -0.4 is 15.4 Å². The molecule has 32 heavy (non-hydrogen) atoms. The van der Waals surface area contributed by atoms with Crippen LogP contribution in [-0.2, 0) is 17.9 Å². The Bertz CT molecular complexity index is 1090. The van der Waals surface area contributed by atoms with Gasteiger partial charge < -0.3 is 20.3 Å². The van der Waals surface area contributed by atoms with E-state index in [4.69, 9.17) is 4.74 Å². The predicted octanol–water partition coefficient (Wildman–Crippen LogP) is 3.34. The monoisotopic (exact) mass is 435 g/mol. The van der Waals surface area contributed by atoms with Gasteiger partial charge in [-0.2, -0.15) is 5.10 Å². The maximum atomic E-state index is 12.4. The van der Waals surface area contributed by atoms with Crippen LogP contribution in [-0.4, -0.2) is 47.3 Å². The fourth-order valence-electron chi connectivity index (χ4n) is 3.13. The Morgan fingerprint density at radius 1 is 1.03 bits per heavy atom. The summed E-state index contributed by atoms with van der Waals surface area (Å²) in [6.45, 7) is 4.93. The first-order valence-corrected chi connectivity index (χ1v) is 10.4. The van der Waals surface area contributed by atoms with E-state index in [-0.39, 0.29) is 18.5 Å². The highest BCUT2D eigenvalue weighted by atomic mass is 16.5. The van der Waals surface area contributed by atoms with Crippen LogP contribution in [0.1, 0.15) is 22.5 Å². The third-order valence-electron chi connectivity index (χ3n) is 4.83. The molecular weight excluding hydrogens is 406 g/mol. The highest BCUT2D eigenvalue weighted by Crippen LogP contribution is 2.15. The number of nitrogens with zero attached hydrogens (tertiary/aromatic N) is 3. The van der Waals surface area contributed by atoms with E-state index in [0.717, 1.165) is 22.5 Å². The van der Waals surface area contributed by atoms with Crippen molar-refractivity contribution in [2.24, 2.45) is 0 Å². The molecule has 3 rings (SSSR count). The van der Waals surface area contributed by atoms with Crippen molar-refractivity contribution in [1.82, 2.24) is 20.0 Å². The summed E-state index contributed by atoms with van der Waals surface area (Å²) in [4.78, 5) is 25.5. The van der Waals surface area contributed by atoms with E-state index in [1.807, 2.05) is 61.0 Å². The lowest BCUT2D eigenvalue weighted by molar-refractivity contribution is -0.130. The van der Waals surface area contributed by atoms with Crippen LogP contribution in [0.15, 0.2) is 54.6 Å². The lowest BCUT2D eigenvalue weighted by Crippen LogP contribution is -2.28. The summed E-state index contributed by atoms with van der Waals surface area (Å²) in [7, 11) is 3.36.